The summed E-state index contributed by atoms with van der Waals surface area (Å²) in [6.45, 7) is 0.968. The summed E-state index contributed by atoms with van der Waals surface area (Å²) in [6.07, 6.45) is 2.38. The molecule has 134 valence electrons. The lowest BCUT2D eigenvalue weighted by Gasteiger charge is -2.17. The average Bonchev–Trinajstić information content (AvgIpc) is 3.31. The number of rotatable bonds is 4. The molecule has 1 fully saturated rings. The van der Waals surface area contributed by atoms with Gasteiger partial charge in [-0.15, -0.1) is 0 Å². The second-order valence-corrected chi connectivity index (χ2v) is 8.84. The number of para-hydroxylation sites is 1. The van der Waals surface area contributed by atoms with Crippen molar-refractivity contribution >= 4 is 26.6 Å². The van der Waals surface area contributed by atoms with Crippen LogP contribution in [0.2, 0.25) is 0 Å². The van der Waals surface area contributed by atoms with E-state index < -0.39 is 15.1 Å². The number of hydrogen-bond donors (Lipinski definition) is 0. The SMILES string of the molecule is O=C(Cn1ccc2ccccc21)N1CCC(S(=O)(=O)c2ccccc2)C1. The van der Waals surface area contributed by atoms with Crippen LogP contribution in [0, 0.1) is 0 Å². The minimum atomic E-state index is -3.40. The van der Waals surface area contributed by atoms with Crippen molar-refractivity contribution in [3.8, 4) is 0 Å². The Bertz CT molecular complexity index is 1040. The molecule has 0 bridgehead atoms. The Labute approximate surface area is 152 Å². The molecule has 3 aromatic rings. The van der Waals surface area contributed by atoms with Gasteiger partial charge in [-0.25, -0.2) is 8.42 Å². The lowest BCUT2D eigenvalue weighted by Crippen LogP contribution is -2.34. The number of hydrogen-bond acceptors (Lipinski definition) is 3. The van der Waals surface area contributed by atoms with E-state index in [-0.39, 0.29) is 19.0 Å². The van der Waals surface area contributed by atoms with Gasteiger partial charge in [-0.3, -0.25) is 4.79 Å². The maximum Gasteiger partial charge on any atom is 0.242 e. The first-order valence-corrected chi connectivity index (χ1v) is 10.2. The van der Waals surface area contributed by atoms with E-state index in [2.05, 4.69) is 0 Å². The maximum absolute atomic E-state index is 12.8. The van der Waals surface area contributed by atoms with Gasteiger partial charge in [0.1, 0.15) is 6.54 Å². The van der Waals surface area contributed by atoms with Crippen molar-refractivity contribution in [2.45, 2.75) is 23.1 Å². The molecule has 0 radical (unpaired) electrons. The van der Waals surface area contributed by atoms with Gasteiger partial charge in [-0.2, -0.15) is 0 Å². The molecule has 2 aromatic carbocycles. The van der Waals surface area contributed by atoms with Gasteiger partial charge in [0.05, 0.1) is 10.1 Å². The normalized spacial score (nSPS) is 17.7. The quantitative estimate of drug-likeness (QED) is 0.711. The first kappa shape index (κ1) is 16.8. The van der Waals surface area contributed by atoms with E-state index in [1.165, 1.54) is 0 Å². The van der Waals surface area contributed by atoms with Gasteiger partial charge in [-0.1, -0.05) is 36.4 Å². The van der Waals surface area contributed by atoms with Gasteiger partial charge in [0.2, 0.25) is 5.91 Å². The van der Waals surface area contributed by atoms with Crippen molar-refractivity contribution in [3.63, 3.8) is 0 Å². The zero-order valence-corrected chi connectivity index (χ0v) is 15.1. The highest BCUT2D eigenvalue weighted by Crippen LogP contribution is 2.24. The van der Waals surface area contributed by atoms with E-state index in [4.69, 9.17) is 0 Å². The van der Waals surface area contributed by atoms with Gasteiger partial charge < -0.3 is 9.47 Å². The van der Waals surface area contributed by atoms with Crippen LogP contribution in [0.25, 0.3) is 10.9 Å². The third-order valence-corrected chi connectivity index (χ3v) is 7.19. The number of carbonyl (C=O) groups excluding carboxylic acids is 1. The van der Waals surface area contributed by atoms with Crippen LogP contribution in [0.15, 0.2) is 71.8 Å². The Hall–Kier alpha value is -2.60. The van der Waals surface area contributed by atoms with E-state index in [1.54, 1.807) is 35.2 Å². The first-order chi connectivity index (χ1) is 12.6. The second-order valence-electron chi connectivity index (χ2n) is 6.61. The van der Waals surface area contributed by atoms with Crippen molar-refractivity contribution in [3.05, 3.63) is 66.9 Å². The van der Waals surface area contributed by atoms with Gasteiger partial charge in [-0.05, 0) is 36.1 Å². The smallest absolute Gasteiger partial charge is 0.242 e. The predicted octanol–water partition coefficient (Wildman–Crippen LogP) is 2.72. The molecule has 5 nitrogen and oxygen atoms in total. The van der Waals surface area contributed by atoms with Crippen LogP contribution in [0.1, 0.15) is 6.42 Å². The molecule has 0 N–H and O–H groups in total. The molecular weight excluding hydrogens is 348 g/mol. The molecule has 1 amide bonds. The summed E-state index contributed by atoms with van der Waals surface area (Å²) in [5.41, 5.74) is 1.01. The third-order valence-electron chi connectivity index (χ3n) is 4.99. The lowest BCUT2D eigenvalue weighted by atomic mass is 10.2. The third kappa shape index (κ3) is 3.01. The van der Waals surface area contributed by atoms with Crippen molar-refractivity contribution in [1.82, 2.24) is 9.47 Å². The highest BCUT2D eigenvalue weighted by molar-refractivity contribution is 7.92. The summed E-state index contributed by atoms with van der Waals surface area (Å²) in [5, 5.41) is 0.557. The fraction of sp³-hybridized carbons (Fsp3) is 0.250. The molecule has 2 heterocycles. The lowest BCUT2D eigenvalue weighted by molar-refractivity contribution is -0.130. The zero-order valence-electron chi connectivity index (χ0n) is 14.3. The summed E-state index contributed by atoms with van der Waals surface area (Å²) in [5.74, 6) is -0.0443. The molecule has 1 aliphatic heterocycles. The van der Waals surface area contributed by atoms with Crippen molar-refractivity contribution < 1.29 is 13.2 Å². The molecule has 0 saturated carbocycles. The van der Waals surface area contributed by atoms with Crippen LogP contribution in [0.4, 0.5) is 0 Å². The van der Waals surface area contributed by atoms with Crippen molar-refractivity contribution in [2.75, 3.05) is 13.1 Å². The van der Waals surface area contributed by atoms with Crippen LogP contribution < -0.4 is 0 Å². The van der Waals surface area contributed by atoms with Gasteiger partial charge in [0.25, 0.3) is 0 Å². The van der Waals surface area contributed by atoms with Crippen LogP contribution >= 0.6 is 0 Å². The van der Waals surface area contributed by atoms with Crippen LogP contribution in [0.3, 0.4) is 0 Å². The molecule has 1 aliphatic rings. The van der Waals surface area contributed by atoms with Gasteiger partial charge in [0, 0.05) is 24.8 Å². The molecule has 1 aromatic heterocycles. The maximum atomic E-state index is 12.8. The van der Waals surface area contributed by atoms with Crippen molar-refractivity contribution in [2.24, 2.45) is 0 Å². The molecule has 4 rings (SSSR count). The molecular formula is C20H20N2O3S. The van der Waals surface area contributed by atoms with E-state index in [9.17, 15) is 13.2 Å². The summed E-state index contributed by atoms with van der Waals surface area (Å²) in [6, 6.07) is 18.4. The monoisotopic (exact) mass is 368 g/mol. The Balaban J connectivity index is 1.48. The van der Waals surface area contributed by atoms with Crippen LogP contribution in [0.5, 0.6) is 0 Å². The first-order valence-electron chi connectivity index (χ1n) is 8.66. The number of likely N-dealkylation sites (tertiary alicyclic amines) is 1. The number of benzene rings is 2. The number of nitrogens with zero attached hydrogens (tertiary/aromatic N) is 2. The molecule has 1 saturated heterocycles. The molecule has 0 aliphatic carbocycles. The van der Waals surface area contributed by atoms with E-state index >= 15 is 0 Å². The summed E-state index contributed by atoms with van der Waals surface area (Å²) in [4.78, 5) is 14.7. The molecule has 1 unspecified atom stereocenters. The summed E-state index contributed by atoms with van der Waals surface area (Å²) < 4.78 is 27.4. The number of sulfone groups is 1. The fourth-order valence-electron chi connectivity index (χ4n) is 3.53. The van der Waals surface area contributed by atoms with Gasteiger partial charge in [0.15, 0.2) is 9.84 Å². The average molecular weight is 368 g/mol. The second kappa shape index (κ2) is 6.61. The standard InChI is InChI=1S/C20H20N2O3S/c23-20(15-21-12-10-16-6-4-5-9-19(16)21)22-13-11-18(14-22)26(24,25)17-7-2-1-3-8-17/h1-10,12,18H,11,13-15H2. The highest BCUT2D eigenvalue weighted by Gasteiger charge is 2.36. The van der Waals surface area contributed by atoms with Crippen LogP contribution in [-0.4, -0.2) is 42.1 Å². The number of carbonyl (C=O) groups is 1. The molecule has 1 atom stereocenters. The summed E-state index contributed by atoms with van der Waals surface area (Å²) >= 11 is 0. The fourth-order valence-corrected chi connectivity index (χ4v) is 5.25. The number of aromatic nitrogens is 1. The number of fused-ring (bicyclic) bond motifs is 1. The summed E-state index contributed by atoms with van der Waals surface area (Å²) in [7, 11) is -3.40. The zero-order chi connectivity index (χ0) is 18.1. The minimum Gasteiger partial charge on any atom is -0.340 e. The topological polar surface area (TPSA) is 59.4 Å². The molecule has 6 heteroatoms. The largest absolute Gasteiger partial charge is 0.340 e. The van der Waals surface area contributed by atoms with Gasteiger partial charge >= 0.3 is 0 Å². The molecule has 26 heavy (non-hydrogen) atoms. The van der Waals surface area contributed by atoms with Crippen molar-refractivity contribution in [1.29, 1.82) is 0 Å². The Morgan fingerprint density at radius 2 is 1.73 bits per heavy atom. The van der Waals surface area contributed by atoms with Crippen LogP contribution in [-0.2, 0) is 21.2 Å². The highest BCUT2D eigenvalue weighted by atomic mass is 32.2. The van der Waals surface area contributed by atoms with E-state index in [0.717, 1.165) is 10.9 Å². The minimum absolute atomic E-state index is 0.0443. The predicted molar refractivity (Wildman–Crippen MR) is 101 cm³/mol. The van der Waals surface area contributed by atoms with E-state index in [0.29, 0.717) is 17.9 Å². The van der Waals surface area contributed by atoms with E-state index in [1.807, 2.05) is 41.1 Å². The Kier molecular flexibility index (Phi) is 4.28. The number of amides is 1. The molecule has 0 spiro atoms. The Morgan fingerprint density at radius 1 is 1.00 bits per heavy atom. The Morgan fingerprint density at radius 3 is 2.54 bits per heavy atom.